The second-order valence-electron chi connectivity index (χ2n) is 8.62. The Morgan fingerprint density at radius 2 is 1.71 bits per heavy atom. The lowest BCUT2D eigenvalue weighted by atomic mass is 10.2. The Balaban J connectivity index is 1.54. The zero-order valence-electron chi connectivity index (χ0n) is 21.0. The summed E-state index contributed by atoms with van der Waals surface area (Å²) in [5.41, 5.74) is 0.712. The van der Waals surface area contributed by atoms with Gasteiger partial charge in [-0.25, -0.2) is 4.98 Å². The Hall–Kier alpha value is -5.06. The maximum Gasteiger partial charge on any atom is 0.313 e. The summed E-state index contributed by atoms with van der Waals surface area (Å²) in [6.07, 6.45) is 1.20. The van der Waals surface area contributed by atoms with Crippen molar-refractivity contribution in [2.75, 3.05) is 11.9 Å². The molecular formula is C29H19Cl2N5O5. The third kappa shape index (κ3) is 6.24. The number of aromatic nitrogens is 2. The fourth-order valence-corrected chi connectivity index (χ4v) is 4.33. The lowest BCUT2D eigenvalue weighted by molar-refractivity contribution is -0.385. The van der Waals surface area contributed by atoms with Crippen LogP contribution in [0.15, 0.2) is 101 Å². The monoisotopic (exact) mass is 587 g/mol. The molecule has 1 amide bonds. The number of amides is 1. The number of ether oxygens (including phenoxy) is 1. The number of anilines is 1. The fourth-order valence-electron chi connectivity index (χ4n) is 3.98. The van der Waals surface area contributed by atoms with E-state index in [2.05, 4.69) is 15.4 Å². The SMILES string of the molecule is O=C(COc1c(C=Nn2c(-c3ccccc3)nc3ccccc3c2=O)cc(Cl)cc1[N+](=O)[O-])Nc1ccc(Cl)cc1. The highest BCUT2D eigenvalue weighted by atomic mass is 35.5. The van der Waals surface area contributed by atoms with Crippen LogP contribution >= 0.6 is 23.2 Å². The molecule has 0 bridgehead atoms. The van der Waals surface area contributed by atoms with E-state index in [0.29, 0.717) is 27.2 Å². The number of hydrogen-bond donors (Lipinski definition) is 1. The maximum absolute atomic E-state index is 13.5. The van der Waals surface area contributed by atoms with Crippen LogP contribution in [0, 0.1) is 10.1 Å². The molecule has 0 aliphatic rings. The van der Waals surface area contributed by atoms with Gasteiger partial charge < -0.3 is 10.1 Å². The summed E-state index contributed by atoms with van der Waals surface area (Å²) in [7, 11) is 0. The molecule has 0 fully saturated rings. The van der Waals surface area contributed by atoms with Crippen LogP contribution in [0.1, 0.15) is 5.56 Å². The number of para-hydroxylation sites is 1. The third-order valence-electron chi connectivity index (χ3n) is 5.83. The number of nitro benzene ring substituents is 1. The zero-order valence-corrected chi connectivity index (χ0v) is 22.5. The van der Waals surface area contributed by atoms with Gasteiger partial charge in [-0.3, -0.25) is 19.7 Å². The number of carbonyl (C=O) groups is 1. The number of nitro groups is 1. The van der Waals surface area contributed by atoms with E-state index in [0.717, 1.165) is 10.7 Å². The molecule has 1 N–H and O–H groups in total. The van der Waals surface area contributed by atoms with Crippen molar-refractivity contribution in [1.82, 2.24) is 9.66 Å². The average molecular weight is 588 g/mol. The van der Waals surface area contributed by atoms with Crippen molar-refractivity contribution in [3.63, 3.8) is 0 Å². The van der Waals surface area contributed by atoms with Crippen LogP contribution in [-0.2, 0) is 4.79 Å². The van der Waals surface area contributed by atoms with Gasteiger partial charge in [-0.2, -0.15) is 9.78 Å². The highest BCUT2D eigenvalue weighted by molar-refractivity contribution is 6.31. The van der Waals surface area contributed by atoms with Gasteiger partial charge in [0.05, 0.1) is 22.0 Å². The van der Waals surface area contributed by atoms with E-state index < -0.39 is 28.7 Å². The van der Waals surface area contributed by atoms with Crippen LogP contribution in [0.5, 0.6) is 5.75 Å². The van der Waals surface area contributed by atoms with Gasteiger partial charge >= 0.3 is 5.69 Å². The molecule has 1 aromatic heterocycles. The first-order chi connectivity index (χ1) is 19.8. The van der Waals surface area contributed by atoms with Crippen molar-refractivity contribution < 1.29 is 14.5 Å². The molecule has 0 atom stereocenters. The second-order valence-corrected chi connectivity index (χ2v) is 9.50. The van der Waals surface area contributed by atoms with Gasteiger partial charge in [-0.05, 0) is 42.5 Å². The lowest BCUT2D eigenvalue weighted by Gasteiger charge is -2.12. The maximum atomic E-state index is 13.5. The van der Waals surface area contributed by atoms with Gasteiger partial charge in [0, 0.05) is 32.9 Å². The van der Waals surface area contributed by atoms with Crippen molar-refractivity contribution in [3.8, 4) is 17.1 Å². The van der Waals surface area contributed by atoms with E-state index in [9.17, 15) is 19.7 Å². The molecular weight excluding hydrogens is 569 g/mol. The van der Waals surface area contributed by atoms with E-state index in [1.165, 1.54) is 12.3 Å². The molecule has 1 heterocycles. The van der Waals surface area contributed by atoms with Crippen LogP contribution < -0.4 is 15.6 Å². The third-order valence-corrected chi connectivity index (χ3v) is 6.30. The minimum Gasteiger partial charge on any atom is -0.476 e. The topological polar surface area (TPSA) is 129 Å². The number of halogens is 2. The van der Waals surface area contributed by atoms with Crippen LogP contribution in [0.4, 0.5) is 11.4 Å². The number of hydrogen-bond acceptors (Lipinski definition) is 7. The number of nitrogens with one attached hydrogen (secondary N) is 1. The largest absolute Gasteiger partial charge is 0.476 e. The molecule has 0 aliphatic carbocycles. The van der Waals surface area contributed by atoms with E-state index in [-0.39, 0.29) is 22.2 Å². The predicted octanol–water partition coefficient (Wildman–Crippen LogP) is 6.18. The highest BCUT2D eigenvalue weighted by Crippen LogP contribution is 2.34. The summed E-state index contributed by atoms with van der Waals surface area (Å²) in [5.74, 6) is -0.565. The summed E-state index contributed by atoms with van der Waals surface area (Å²) in [6.45, 7) is -0.557. The van der Waals surface area contributed by atoms with E-state index in [1.807, 2.05) is 6.07 Å². The molecule has 0 saturated heterocycles. The predicted molar refractivity (Wildman–Crippen MR) is 158 cm³/mol. The van der Waals surface area contributed by atoms with E-state index in [4.69, 9.17) is 27.9 Å². The second kappa shape index (κ2) is 12.0. The number of nitrogens with zero attached hydrogens (tertiary/aromatic N) is 4. The first-order valence-corrected chi connectivity index (χ1v) is 12.8. The Bertz CT molecular complexity index is 1860. The average Bonchev–Trinajstić information content (AvgIpc) is 2.97. The van der Waals surface area contributed by atoms with Gasteiger partial charge in [0.15, 0.2) is 12.4 Å². The molecule has 4 aromatic carbocycles. The standard InChI is InChI=1S/C29H19Cl2N5O5/c30-20-10-12-22(13-11-20)33-26(37)17-41-27-19(14-21(31)15-25(27)36(39)40)16-32-35-28(18-6-2-1-3-7-18)34-24-9-5-4-8-23(24)29(35)38/h1-16H,17H2,(H,33,37). The molecule has 204 valence electrons. The zero-order chi connectivity index (χ0) is 28.9. The molecule has 0 aliphatic heterocycles. The van der Waals surface area contributed by atoms with Gasteiger partial charge in [-0.15, -0.1) is 0 Å². The summed E-state index contributed by atoms with van der Waals surface area (Å²) in [4.78, 5) is 41.8. The Morgan fingerprint density at radius 1 is 1.00 bits per heavy atom. The van der Waals surface area contributed by atoms with Gasteiger partial charge in [0.2, 0.25) is 5.75 Å². The molecule has 0 spiro atoms. The van der Waals surface area contributed by atoms with Gasteiger partial charge in [0.25, 0.3) is 11.5 Å². The first kappa shape index (κ1) is 27.5. The Morgan fingerprint density at radius 3 is 2.44 bits per heavy atom. The molecule has 5 rings (SSSR count). The van der Waals surface area contributed by atoms with Crippen molar-refractivity contribution in [2.24, 2.45) is 5.10 Å². The van der Waals surface area contributed by atoms with Crippen LogP contribution in [0.3, 0.4) is 0 Å². The van der Waals surface area contributed by atoms with Crippen LogP contribution in [0.2, 0.25) is 10.0 Å². The van der Waals surface area contributed by atoms with Crippen molar-refractivity contribution >= 4 is 57.6 Å². The Kier molecular flexibility index (Phi) is 8.04. The first-order valence-electron chi connectivity index (χ1n) is 12.1. The van der Waals surface area contributed by atoms with Crippen molar-refractivity contribution in [3.05, 3.63) is 127 Å². The normalized spacial score (nSPS) is 11.1. The number of fused-ring (bicyclic) bond motifs is 1. The summed E-state index contributed by atoms with van der Waals surface area (Å²) >= 11 is 12.0. The van der Waals surface area contributed by atoms with E-state index >= 15 is 0 Å². The molecule has 0 radical (unpaired) electrons. The molecule has 41 heavy (non-hydrogen) atoms. The summed E-state index contributed by atoms with van der Waals surface area (Å²) in [5, 5.41) is 19.7. The molecule has 12 heteroatoms. The molecule has 5 aromatic rings. The number of carbonyl (C=O) groups excluding carboxylic acids is 1. The summed E-state index contributed by atoms with van der Waals surface area (Å²) in [6, 6.07) is 24.7. The Labute approximate surface area is 242 Å². The van der Waals surface area contributed by atoms with Crippen molar-refractivity contribution in [2.45, 2.75) is 0 Å². The smallest absolute Gasteiger partial charge is 0.313 e. The van der Waals surface area contributed by atoms with Gasteiger partial charge in [0.1, 0.15) is 0 Å². The minimum atomic E-state index is -0.686. The molecule has 0 unspecified atom stereocenters. The number of benzene rings is 4. The van der Waals surface area contributed by atoms with Crippen molar-refractivity contribution in [1.29, 1.82) is 0 Å². The van der Waals surface area contributed by atoms with E-state index in [1.54, 1.807) is 72.8 Å². The summed E-state index contributed by atoms with van der Waals surface area (Å²) < 4.78 is 6.71. The molecule has 10 nitrogen and oxygen atoms in total. The van der Waals surface area contributed by atoms with Gasteiger partial charge in [-0.1, -0.05) is 65.7 Å². The minimum absolute atomic E-state index is 0.0309. The fraction of sp³-hybridized carbons (Fsp3) is 0.0345. The van der Waals surface area contributed by atoms with Crippen LogP contribution in [0.25, 0.3) is 22.3 Å². The number of rotatable bonds is 8. The van der Waals surface area contributed by atoms with Crippen LogP contribution in [-0.4, -0.2) is 33.3 Å². The quantitative estimate of drug-likeness (QED) is 0.131. The molecule has 0 saturated carbocycles. The lowest BCUT2D eigenvalue weighted by Crippen LogP contribution is -2.21. The highest BCUT2D eigenvalue weighted by Gasteiger charge is 2.22.